The van der Waals surface area contributed by atoms with Crippen molar-refractivity contribution < 1.29 is 19.1 Å². The van der Waals surface area contributed by atoms with Crippen molar-refractivity contribution in [3.63, 3.8) is 0 Å². The van der Waals surface area contributed by atoms with Gasteiger partial charge in [0.15, 0.2) is 0 Å². The third kappa shape index (κ3) is 2.11. The lowest BCUT2D eigenvalue weighted by atomic mass is 9.77. The molecule has 1 aromatic rings. The Hall–Kier alpha value is -2.14. The van der Waals surface area contributed by atoms with Crippen molar-refractivity contribution in [1.29, 1.82) is 0 Å². The lowest BCUT2D eigenvalue weighted by Crippen LogP contribution is -2.40. The zero-order valence-electron chi connectivity index (χ0n) is 13.9. The number of fused-ring (bicyclic) bond motifs is 1. The van der Waals surface area contributed by atoms with Gasteiger partial charge in [-0.2, -0.15) is 0 Å². The average molecular weight is 327 g/mol. The normalized spacial score (nSPS) is 33.2. The molecule has 2 saturated heterocycles. The maximum absolute atomic E-state index is 13.1. The van der Waals surface area contributed by atoms with Gasteiger partial charge in [-0.05, 0) is 31.0 Å². The van der Waals surface area contributed by atoms with E-state index in [4.69, 9.17) is 9.47 Å². The van der Waals surface area contributed by atoms with E-state index < -0.39 is 17.4 Å². The van der Waals surface area contributed by atoms with Crippen LogP contribution in [0.2, 0.25) is 0 Å². The van der Waals surface area contributed by atoms with Gasteiger partial charge >= 0.3 is 5.97 Å². The molecular weight excluding hydrogens is 306 g/mol. The van der Waals surface area contributed by atoms with Crippen molar-refractivity contribution in [2.75, 3.05) is 18.1 Å². The van der Waals surface area contributed by atoms with Crippen molar-refractivity contribution in [2.45, 2.75) is 32.0 Å². The lowest BCUT2D eigenvalue weighted by molar-refractivity contribution is -0.152. The number of amides is 1. The van der Waals surface area contributed by atoms with Crippen LogP contribution in [-0.2, 0) is 19.1 Å². The van der Waals surface area contributed by atoms with Crippen LogP contribution in [0.5, 0.6) is 0 Å². The van der Waals surface area contributed by atoms with Crippen LogP contribution < -0.4 is 4.90 Å². The Morgan fingerprint density at radius 2 is 2.29 bits per heavy atom. The molecule has 5 heteroatoms. The van der Waals surface area contributed by atoms with E-state index in [0.717, 1.165) is 17.7 Å². The van der Waals surface area contributed by atoms with Crippen LogP contribution >= 0.6 is 0 Å². The number of rotatable bonds is 4. The highest BCUT2D eigenvalue weighted by Crippen LogP contribution is 2.52. The van der Waals surface area contributed by atoms with E-state index >= 15 is 0 Å². The fourth-order valence-corrected chi connectivity index (χ4v) is 4.08. The van der Waals surface area contributed by atoms with Crippen LogP contribution in [-0.4, -0.2) is 36.7 Å². The Morgan fingerprint density at radius 1 is 1.46 bits per heavy atom. The van der Waals surface area contributed by atoms with E-state index in [0.29, 0.717) is 13.2 Å². The van der Waals surface area contributed by atoms with E-state index in [1.54, 1.807) is 4.90 Å². The van der Waals surface area contributed by atoms with Gasteiger partial charge in [0.25, 0.3) is 0 Å². The zero-order chi connectivity index (χ0) is 16.9. The Kier molecular flexibility index (Phi) is 3.49. The molecule has 0 unspecified atom stereocenters. The topological polar surface area (TPSA) is 55.8 Å². The largest absolute Gasteiger partial charge is 0.465 e. The number of aryl methyl sites for hydroxylation is 1. The first-order chi connectivity index (χ1) is 11.6. The van der Waals surface area contributed by atoms with Crippen molar-refractivity contribution in [2.24, 2.45) is 11.8 Å². The first-order valence-electron chi connectivity index (χ1n) is 8.47. The van der Waals surface area contributed by atoms with Crippen LogP contribution in [0, 0.1) is 18.8 Å². The fourth-order valence-electron chi connectivity index (χ4n) is 4.08. The molecule has 1 amide bonds. The maximum atomic E-state index is 13.1. The number of hydrogen-bond donors (Lipinski definition) is 0. The third-order valence-electron chi connectivity index (χ3n) is 5.13. The Balaban J connectivity index is 1.65. The van der Waals surface area contributed by atoms with E-state index in [1.807, 2.05) is 50.3 Å². The summed E-state index contributed by atoms with van der Waals surface area (Å²) in [5, 5.41) is 0. The van der Waals surface area contributed by atoms with Gasteiger partial charge in [0.2, 0.25) is 5.91 Å². The molecule has 0 aliphatic carbocycles. The highest BCUT2D eigenvalue weighted by molar-refractivity contribution is 6.02. The van der Waals surface area contributed by atoms with Gasteiger partial charge in [-0.1, -0.05) is 31.2 Å². The molecule has 4 atom stereocenters. The van der Waals surface area contributed by atoms with Gasteiger partial charge in [-0.15, -0.1) is 0 Å². The van der Waals surface area contributed by atoms with E-state index in [1.165, 1.54) is 0 Å². The smallest absolute Gasteiger partial charge is 0.312 e. The summed E-state index contributed by atoms with van der Waals surface area (Å²) < 4.78 is 11.4. The van der Waals surface area contributed by atoms with E-state index in [-0.39, 0.29) is 18.0 Å². The minimum atomic E-state index is -0.693. The molecule has 0 saturated carbocycles. The highest BCUT2D eigenvalue weighted by Gasteiger charge is 2.67. The first kappa shape index (κ1) is 15.4. The summed E-state index contributed by atoms with van der Waals surface area (Å²) in [5.74, 6) is -1.40. The van der Waals surface area contributed by atoms with Crippen LogP contribution in [0.3, 0.4) is 0 Å². The molecule has 0 radical (unpaired) electrons. The van der Waals surface area contributed by atoms with Gasteiger partial charge in [-0.25, -0.2) is 0 Å². The zero-order valence-corrected chi connectivity index (χ0v) is 13.9. The molecule has 2 bridgehead atoms. The number of benzene rings is 1. The number of hydrogen-bond acceptors (Lipinski definition) is 4. The molecule has 1 aromatic carbocycles. The monoisotopic (exact) mass is 327 g/mol. The molecule has 0 aromatic heterocycles. The lowest BCUT2D eigenvalue weighted by Gasteiger charge is -2.22. The second-order valence-corrected chi connectivity index (χ2v) is 6.83. The number of esters is 1. The molecule has 4 rings (SSSR count). The van der Waals surface area contributed by atoms with Gasteiger partial charge in [0.1, 0.15) is 11.5 Å². The molecule has 3 aliphatic heterocycles. The molecule has 1 spiro atoms. The second-order valence-electron chi connectivity index (χ2n) is 6.83. The van der Waals surface area contributed by atoms with Gasteiger partial charge in [-0.3, -0.25) is 9.59 Å². The number of carbonyl (C=O) groups is 2. The quantitative estimate of drug-likeness (QED) is 0.629. The van der Waals surface area contributed by atoms with Crippen molar-refractivity contribution in [3.05, 3.63) is 42.0 Å². The summed E-state index contributed by atoms with van der Waals surface area (Å²) in [4.78, 5) is 27.3. The Bertz CT molecular complexity index is 728. The first-order valence-corrected chi connectivity index (χ1v) is 8.47. The number of ether oxygens (including phenoxy) is 2. The average Bonchev–Trinajstić information content (AvgIpc) is 3.21. The minimum Gasteiger partial charge on any atom is -0.465 e. The van der Waals surface area contributed by atoms with Crippen LogP contribution in [0.4, 0.5) is 5.69 Å². The van der Waals surface area contributed by atoms with E-state index in [9.17, 15) is 9.59 Å². The molecule has 126 valence electrons. The predicted molar refractivity (Wildman–Crippen MR) is 88.5 cm³/mol. The summed E-state index contributed by atoms with van der Waals surface area (Å²) in [7, 11) is 0. The summed E-state index contributed by atoms with van der Waals surface area (Å²) in [5.41, 5.74) is 1.25. The molecule has 0 N–H and O–H groups in total. The highest BCUT2D eigenvalue weighted by atomic mass is 16.6. The van der Waals surface area contributed by atoms with Crippen LogP contribution in [0.15, 0.2) is 36.4 Å². The number of anilines is 1. The third-order valence-corrected chi connectivity index (χ3v) is 5.13. The number of nitrogens with zero attached hydrogens (tertiary/aromatic N) is 1. The number of carbonyl (C=O) groups excluding carboxylic acids is 2. The Labute approximate surface area is 141 Å². The second kappa shape index (κ2) is 5.45. The van der Waals surface area contributed by atoms with Crippen molar-refractivity contribution >= 4 is 17.6 Å². The summed E-state index contributed by atoms with van der Waals surface area (Å²) in [6.45, 7) is 4.77. The van der Waals surface area contributed by atoms with Gasteiger partial charge < -0.3 is 14.4 Å². The van der Waals surface area contributed by atoms with Crippen LogP contribution in [0.1, 0.15) is 18.9 Å². The molecule has 5 nitrogen and oxygen atoms in total. The summed E-state index contributed by atoms with van der Waals surface area (Å²) in [6, 6.07) is 7.83. The summed E-state index contributed by atoms with van der Waals surface area (Å²) in [6.07, 6.45) is 4.28. The molecular formula is C19H21NO4. The maximum Gasteiger partial charge on any atom is 0.312 e. The summed E-state index contributed by atoms with van der Waals surface area (Å²) >= 11 is 0. The molecule has 3 aliphatic rings. The standard InChI is InChI=1S/C19H21NO4/c1-3-9-23-18(22)15-14-7-8-19(24-14)11-20(17(21)16(15)19)13-6-4-5-12(2)10-13/h4-8,10,14-16H,3,9,11H2,1-2H3/t14-,15-,16-,19+/m1/s1. The van der Waals surface area contributed by atoms with Gasteiger partial charge in [0, 0.05) is 5.69 Å². The minimum absolute atomic E-state index is 0.0501. The predicted octanol–water partition coefficient (Wildman–Crippen LogP) is 2.23. The van der Waals surface area contributed by atoms with Gasteiger partial charge in [0.05, 0.1) is 25.2 Å². The molecule has 2 fully saturated rings. The van der Waals surface area contributed by atoms with Crippen molar-refractivity contribution in [1.82, 2.24) is 0 Å². The molecule has 24 heavy (non-hydrogen) atoms. The van der Waals surface area contributed by atoms with Crippen LogP contribution in [0.25, 0.3) is 0 Å². The van der Waals surface area contributed by atoms with Crippen molar-refractivity contribution in [3.8, 4) is 0 Å². The molecule has 3 heterocycles. The van der Waals surface area contributed by atoms with E-state index in [2.05, 4.69) is 0 Å². The Morgan fingerprint density at radius 3 is 3.04 bits per heavy atom. The SMILES string of the molecule is CCCOC(=O)[C@@H]1[C@H]2C=C[C@@]3(CN(c4cccc(C)c4)C(=O)[C@@H]13)O2. The fraction of sp³-hybridized carbons (Fsp3) is 0.474.